The number of methoxy groups -OCH3 is 1. The molecule has 1 aliphatic carbocycles. The molecule has 0 spiro atoms. The second kappa shape index (κ2) is 5.34. The molecule has 0 aliphatic heterocycles. The fraction of sp³-hybridized carbons (Fsp3) is 0.615. The molecule has 108 valence electrons. The van der Waals surface area contributed by atoms with Crippen molar-refractivity contribution < 1.29 is 9.26 Å². The highest BCUT2D eigenvalue weighted by molar-refractivity contribution is 5.45. The van der Waals surface area contributed by atoms with Gasteiger partial charge in [-0.25, -0.2) is 4.98 Å². The molecule has 20 heavy (non-hydrogen) atoms. The molecule has 3 N–H and O–H groups in total. The first kappa shape index (κ1) is 13.3. The topological polar surface area (TPSA) is 103 Å². The highest BCUT2D eigenvalue weighted by Gasteiger charge is 2.37. The van der Waals surface area contributed by atoms with E-state index in [1.807, 2.05) is 0 Å². The average molecular weight is 277 g/mol. The Morgan fingerprint density at radius 3 is 3.05 bits per heavy atom. The summed E-state index contributed by atoms with van der Waals surface area (Å²) in [5.41, 5.74) is 6.65. The number of imidazole rings is 1. The summed E-state index contributed by atoms with van der Waals surface area (Å²) in [7, 11) is 1.68. The summed E-state index contributed by atoms with van der Waals surface area (Å²) in [6, 6.07) is 0. The Morgan fingerprint density at radius 2 is 2.35 bits per heavy atom. The lowest BCUT2D eigenvalue weighted by Crippen LogP contribution is -2.44. The van der Waals surface area contributed by atoms with Crippen LogP contribution in [0, 0.1) is 0 Å². The Hall–Kier alpha value is -1.73. The molecule has 7 nitrogen and oxygen atoms in total. The van der Waals surface area contributed by atoms with Gasteiger partial charge >= 0.3 is 0 Å². The Morgan fingerprint density at radius 1 is 1.50 bits per heavy atom. The normalized spacial score (nSPS) is 17.1. The maximum Gasteiger partial charge on any atom is 0.275 e. The minimum Gasteiger partial charge on any atom is -0.385 e. The Bertz CT molecular complexity index is 573. The molecule has 1 aliphatic rings. The van der Waals surface area contributed by atoms with Gasteiger partial charge in [0.05, 0.1) is 11.7 Å². The highest BCUT2D eigenvalue weighted by atomic mass is 16.5. The van der Waals surface area contributed by atoms with Crippen molar-refractivity contribution in [1.82, 2.24) is 20.1 Å². The molecule has 0 bridgehead atoms. The van der Waals surface area contributed by atoms with Crippen LogP contribution in [0.2, 0.25) is 0 Å². The van der Waals surface area contributed by atoms with E-state index in [0.29, 0.717) is 18.3 Å². The van der Waals surface area contributed by atoms with E-state index in [9.17, 15) is 0 Å². The van der Waals surface area contributed by atoms with Crippen molar-refractivity contribution in [3.05, 3.63) is 17.8 Å². The lowest BCUT2D eigenvalue weighted by atomic mass is 9.77. The summed E-state index contributed by atoms with van der Waals surface area (Å²) < 4.78 is 10.2. The summed E-state index contributed by atoms with van der Waals surface area (Å²) in [6.45, 7) is 0.688. The zero-order valence-corrected chi connectivity index (χ0v) is 11.6. The Balaban J connectivity index is 1.70. The van der Waals surface area contributed by atoms with Crippen LogP contribution in [0.15, 0.2) is 10.7 Å². The van der Waals surface area contributed by atoms with Gasteiger partial charge in [-0.05, 0) is 25.7 Å². The average Bonchev–Trinajstić information content (AvgIpc) is 3.05. The number of aryl methyl sites for hydroxylation is 1. The van der Waals surface area contributed by atoms with Crippen molar-refractivity contribution in [2.45, 2.75) is 37.6 Å². The van der Waals surface area contributed by atoms with Gasteiger partial charge in [-0.3, -0.25) is 0 Å². The maximum atomic E-state index is 6.23. The van der Waals surface area contributed by atoms with Crippen LogP contribution < -0.4 is 5.73 Å². The van der Waals surface area contributed by atoms with E-state index in [2.05, 4.69) is 20.1 Å². The first-order chi connectivity index (χ1) is 9.71. The quantitative estimate of drug-likeness (QED) is 0.773. The fourth-order valence-electron chi connectivity index (χ4n) is 2.32. The van der Waals surface area contributed by atoms with Crippen LogP contribution in [0.3, 0.4) is 0 Å². The van der Waals surface area contributed by atoms with E-state index in [1.54, 1.807) is 13.3 Å². The monoisotopic (exact) mass is 277 g/mol. The molecule has 3 rings (SSSR count). The number of hydrogen-bond acceptors (Lipinski definition) is 6. The van der Waals surface area contributed by atoms with Crippen molar-refractivity contribution in [2.75, 3.05) is 13.7 Å². The number of aromatic amines is 1. The van der Waals surface area contributed by atoms with Gasteiger partial charge in [0.15, 0.2) is 5.82 Å². The number of nitrogens with zero attached hydrogens (tertiary/aromatic N) is 3. The third-order valence-corrected chi connectivity index (χ3v) is 3.74. The highest BCUT2D eigenvalue weighted by Crippen LogP contribution is 2.37. The molecule has 0 atom stereocenters. The minimum absolute atomic E-state index is 0.306. The summed E-state index contributed by atoms with van der Waals surface area (Å²) in [5, 5.41) is 3.95. The van der Waals surface area contributed by atoms with Gasteiger partial charge in [0, 0.05) is 20.1 Å². The number of ether oxygens (including phenoxy) is 1. The van der Waals surface area contributed by atoms with Gasteiger partial charge in [0.25, 0.3) is 5.89 Å². The molecule has 0 amide bonds. The molecule has 1 fully saturated rings. The molecule has 0 radical (unpaired) electrons. The standard InChI is InChI=1S/C13H19N5O2/c1-19-7-2-4-10-17-11(20-18-10)9-8-15-12(16-9)13(14)5-3-6-13/h8H,2-7,14H2,1H3,(H,15,16). The van der Waals surface area contributed by atoms with Gasteiger partial charge in [0.2, 0.25) is 0 Å². The third-order valence-electron chi connectivity index (χ3n) is 3.74. The van der Waals surface area contributed by atoms with E-state index in [0.717, 1.165) is 43.6 Å². The van der Waals surface area contributed by atoms with Gasteiger partial charge < -0.3 is 20.0 Å². The summed E-state index contributed by atoms with van der Waals surface area (Å²) >= 11 is 0. The zero-order chi connectivity index (χ0) is 14.0. The Kier molecular flexibility index (Phi) is 3.54. The van der Waals surface area contributed by atoms with E-state index < -0.39 is 0 Å². The second-order valence-electron chi connectivity index (χ2n) is 5.27. The van der Waals surface area contributed by atoms with Crippen molar-refractivity contribution >= 4 is 0 Å². The summed E-state index contributed by atoms with van der Waals surface area (Å²) in [6.07, 6.45) is 6.39. The largest absolute Gasteiger partial charge is 0.385 e. The van der Waals surface area contributed by atoms with E-state index in [-0.39, 0.29) is 5.54 Å². The molecule has 2 aromatic rings. The molecule has 2 aromatic heterocycles. The number of aromatic nitrogens is 4. The van der Waals surface area contributed by atoms with Crippen LogP contribution in [0.1, 0.15) is 37.3 Å². The minimum atomic E-state index is -0.306. The van der Waals surface area contributed by atoms with Crippen LogP contribution in [0.5, 0.6) is 0 Å². The molecule has 0 saturated heterocycles. The van der Waals surface area contributed by atoms with E-state index >= 15 is 0 Å². The number of hydrogen-bond donors (Lipinski definition) is 2. The van der Waals surface area contributed by atoms with Gasteiger partial charge in [-0.2, -0.15) is 4.98 Å². The number of nitrogens with two attached hydrogens (primary N) is 1. The van der Waals surface area contributed by atoms with E-state index in [4.69, 9.17) is 15.0 Å². The molecule has 0 unspecified atom stereocenters. The van der Waals surface area contributed by atoms with Crippen molar-refractivity contribution in [3.63, 3.8) is 0 Å². The van der Waals surface area contributed by atoms with Gasteiger partial charge in [0.1, 0.15) is 11.5 Å². The number of nitrogens with one attached hydrogen (secondary N) is 1. The van der Waals surface area contributed by atoms with Crippen molar-refractivity contribution in [3.8, 4) is 11.6 Å². The molecule has 7 heteroatoms. The maximum absolute atomic E-state index is 6.23. The molecular formula is C13H19N5O2. The van der Waals surface area contributed by atoms with Gasteiger partial charge in [-0.1, -0.05) is 5.16 Å². The van der Waals surface area contributed by atoms with Crippen LogP contribution in [0.25, 0.3) is 11.6 Å². The van der Waals surface area contributed by atoms with Crippen LogP contribution in [-0.4, -0.2) is 33.8 Å². The van der Waals surface area contributed by atoms with Crippen molar-refractivity contribution in [1.29, 1.82) is 0 Å². The summed E-state index contributed by atoms with van der Waals surface area (Å²) in [4.78, 5) is 11.9. The predicted molar refractivity (Wildman–Crippen MR) is 71.8 cm³/mol. The summed E-state index contributed by atoms with van der Waals surface area (Å²) in [5.74, 6) is 1.94. The lowest BCUT2D eigenvalue weighted by Gasteiger charge is -2.35. The SMILES string of the molecule is COCCCc1noc(-c2cnc(C3(N)CCC3)[nH]2)n1. The first-order valence-electron chi connectivity index (χ1n) is 6.87. The first-order valence-corrected chi connectivity index (χ1v) is 6.87. The molecule has 0 aromatic carbocycles. The smallest absolute Gasteiger partial charge is 0.275 e. The Labute approximate surface area is 116 Å². The predicted octanol–water partition coefficient (Wildman–Crippen LogP) is 1.38. The molecule has 1 saturated carbocycles. The lowest BCUT2D eigenvalue weighted by molar-refractivity contribution is 0.194. The molecule has 2 heterocycles. The zero-order valence-electron chi connectivity index (χ0n) is 11.6. The second-order valence-corrected chi connectivity index (χ2v) is 5.27. The third kappa shape index (κ3) is 2.46. The number of H-pyrrole nitrogens is 1. The van der Waals surface area contributed by atoms with E-state index in [1.165, 1.54) is 0 Å². The van der Waals surface area contributed by atoms with Crippen molar-refractivity contribution in [2.24, 2.45) is 5.73 Å². The molecular weight excluding hydrogens is 258 g/mol. The number of rotatable bonds is 6. The van der Waals surface area contributed by atoms with Crippen LogP contribution >= 0.6 is 0 Å². The van der Waals surface area contributed by atoms with Crippen LogP contribution in [0.4, 0.5) is 0 Å². The van der Waals surface area contributed by atoms with Crippen LogP contribution in [-0.2, 0) is 16.7 Å². The van der Waals surface area contributed by atoms with Gasteiger partial charge in [-0.15, -0.1) is 0 Å². The fourth-order valence-corrected chi connectivity index (χ4v) is 2.32.